The lowest BCUT2D eigenvalue weighted by atomic mass is 10.1. The van der Waals surface area contributed by atoms with Gasteiger partial charge < -0.3 is 5.11 Å². The van der Waals surface area contributed by atoms with E-state index in [0.717, 1.165) is 6.20 Å². The summed E-state index contributed by atoms with van der Waals surface area (Å²) in [5.41, 5.74) is 0.428. The maximum Gasteiger partial charge on any atom is 0.443 e. The second-order valence-corrected chi connectivity index (χ2v) is 4.44. The summed E-state index contributed by atoms with van der Waals surface area (Å²) in [7, 11) is 0. The van der Waals surface area contributed by atoms with Crippen molar-refractivity contribution in [3.8, 4) is 10.4 Å². The minimum Gasteiger partial charge on any atom is -0.478 e. The summed E-state index contributed by atoms with van der Waals surface area (Å²) in [5, 5.41) is 7.85. The molecule has 0 saturated heterocycles. The Labute approximate surface area is 104 Å². The van der Waals surface area contributed by atoms with Crippen molar-refractivity contribution in [3.05, 3.63) is 41.0 Å². The smallest absolute Gasteiger partial charge is 0.443 e. The molecule has 0 unspecified atom stereocenters. The van der Waals surface area contributed by atoms with Crippen molar-refractivity contribution in [2.75, 3.05) is 0 Å². The monoisotopic (exact) mass is 273 g/mol. The fraction of sp³-hybridized carbons (Fsp3) is 0.0909. The lowest BCUT2D eigenvalue weighted by molar-refractivity contribution is -0.137. The van der Waals surface area contributed by atoms with Crippen LogP contribution in [0.4, 0.5) is 13.2 Å². The predicted octanol–water partition coefficient (Wildman–Crippen LogP) is 3.53. The minimum absolute atomic E-state index is 0.0226. The van der Waals surface area contributed by atoms with Gasteiger partial charge in [-0.3, -0.25) is 0 Å². The zero-order valence-corrected chi connectivity index (χ0v) is 9.55. The van der Waals surface area contributed by atoms with Crippen molar-refractivity contribution in [2.24, 2.45) is 0 Å². The van der Waals surface area contributed by atoms with Crippen molar-refractivity contribution >= 4 is 17.3 Å². The molecule has 2 rings (SSSR count). The van der Waals surface area contributed by atoms with E-state index in [1.165, 1.54) is 18.2 Å². The number of alkyl halides is 3. The summed E-state index contributed by atoms with van der Waals surface area (Å²) in [6, 6.07) is 5.71. The van der Waals surface area contributed by atoms with E-state index in [1.54, 1.807) is 6.07 Å². The molecular formula is C11H6F3NO2S. The van der Waals surface area contributed by atoms with Crippen LogP contribution < -0.4 is 0 Å². The summed E-state index contributed by atoms with van der Waals surface area (Å²) < 4.78 is 37.1. The summed E-state index contributed by atoms with van der Waals surface area (Å²) >= 11 is 0.484. The Hall–Kier alpha value is -1.89. The molecule has 3 nitrogen and oxygen atoms in total. The number of nitrogens with zero attached hydrogens (tertiary/aromatic N) is 1. The summed E-state index contributed by atoms with van der Waals surface area (Å²) in [6.45, 7) is 0. The number of aromatic carboxylic acids is 1. The number of rotatable bonds is 2. The fourth-order valence-corrected chi connectivity index (χ4v) is 2.12. The van der Waals surface area contributed by atoms with E-state index in [-0.39, 0.29) is 10.4 Å². The third-order valence-electron chi connectivity index (χ3n) is 2.14. The highest BCUT2D eigenvalue weighted by molar-refractivity contribution is 7.15. The number of benzene rings is 1. The van der Waals surface area contributed by atoms with Crippen molar-refractivity contribution in [2.45, 2.75) is 6.18 Å². The lowest BCUT2D eigenvalue weighted by Crippen LogP contribution is -2.02. The average Bonchev–Trinajstić information content (AvgIpc) is 2.78. The molecule has 1 aromatic carbocycles. The molecule has 1 N–H and O–H groups in total. The third-order valence-corrected chi connectivity index (χ3v) is 3.23. The molecule has 0 bridgehead atoms. The normalized spacial score (nSPS) is 11.5. The van der Waals surface area contributed by atoms with Crippen LogP contribution in [0.15, 0.2) is 30.5 Å². The van der Waals surface area contributed by atoms with Gasteiger partial charge in [0.15, 0.2) is 5.01 Å². The molecule has 0 radical (unpaired) electrons. The first kappa shape index (κ1) is 12.6. The molecule has 0 amide bonds. The van der Waals surface area contributed by atoms with Gasteiger partial charge in [0, 0.05) is 6.20 Å². The van der Waals surface area contributed by atoms with Crippen LogP contribution >= 0.6 is 11.3 Å². The van der Waals surface area contributed by atoms with Gasteiger partial charge in [0.2, 0.25) is 0 Å². The van der Waals surface area contributed by atoms with Crippen LogP contribution in [-0.4, -0.2) is 16.1 Å². The molecule has 0 aliphatic rings. The zero-order valence-electron chi connectivity index (χ0n) is 8.73. The van der Waals surface area contributed by atoms with E-state index in [0.29, 0.717) is 16.9 Å². The molecule has 0 atom stereocenters. The third kappa shape index (κ3) is 2.51. The van der Waals surface area contributed by atoms with Crippen molar-refractivity contribution in [3.63, 3.8) is 0 Å². The Morgan fingerprint density at radius 2 is 2.06 bits per heavy atom. The molecule has 0 saturated carbocycles. The van der Waals surface area contributed by atoms with Crippen LogP contribution in [0.2, 0.25) is 0 Å². The molecule has 1 heterocycles. The summed E-state index contributed by atoms with van der Waals surface area (Å²) in [4.78, 5) is 14.3. The number of aromatic nitrogens is 1. The van der Waals surface area contributed by atoms with Crippen LogP contribution in [-0.2, 0) is 6.18 Å². The molecule has 0 fully saturated rings. The SMILES string of the molecule is O=C(O)c1cccc(-c2cnc(C(F)(F)F)s2)c1. The molecule has 94 valence electrons. The number of thiazole rings is 1. The largest absolute Gasteiger partial charge is 0.478 e. The van der Waals surface area contributed by atoms with Crippen molar-refractivity contribution in [1.82, 2.24) is 4.98 Å². The van der Waals surface area contributed by atoms with Gasteiger partial charge >= 0.3 is 12.1 Å². The summed E-state index contributed by atoms with van der Waals surface area (Å²) in [6.07, 6.45) is -3.39. The quantitative estimate of drug-likeness (QED) is 0.910. The van der Waals surface area contributed by atoms with Crippen LogP contribution in [0.25, 0.3) is 10.4 Å². The van der Waals surface area contributed by atoms with Crippen LogP contribution in [0.5, 0.6) is 0 Å². The van der Waals surface area contributed by atoms with Gasteiger partial charge in [-0.05, 0) is 17.7 Å². The Morgan fingerprint density at radius 1 is 1.33 bits per heavy atom. The second-order valence-electron chi connectivity index (χ2n) is 3.41. The molecule has 1 aromatic heterocycles. The van der Waals surface area contributed by atoms with Crippen LogP contribution in [0, 0.1) is 0 Å². The van der Waals surface area contributed by atoms with Gasteiger partial charge in [-0.1, -0.05) is 12.1 Å². The Morgan fingerprint density at radius 3 is 2.61 bits per heavy atom. The highest BCUT2D eigenvalue weighted by Crippen LogP contribution is 2.36. The number of carbonyl (C=O) groups is 1. The van der Waals surface area contributed by atoms with Gasteiger partial charge in [0.1, 0.15) is 0 Å². The van der Waals surface area contributed by atoms with Crippen LogP contribution in [0.3, 0.4) is 0 Å². The molecule has 7 heteroatoms. The Balaban J connectivity index is 2.40. The van der Waals surface area contributed by atoms with Crippen molar-refractivity contribution in [1.29, 1.82) is 0 Å². The van der Waals surface area contributed by atoms with E-state index in [1.807, 2.05) is 0 Å². The maximum atomic E-state index is 12.4. The minimum atomic E-state index is -4.48. The van der Waals surface area contributed by atoms with Gasteiger partial charge in [0.05, 0.1) is 10.4 Å². The number of hydrogen-bond donors (Lipinski definition) is 1. The van der Waals surface area contributed by atoms with Gasteiger partial charge in [-0.2, -0.15) is 13.2 Å². The number of carboxylic acid groups (broad SMARTS) is 1. The molecule has 0 aliphatic heterocycles. The second kappa shape index (κ2) is 4.41. The van der Waals surface area contributed by atoms with Gasteiger partial charge in [-0.25, -0.2) is 9.78 Å². The first-order valence-electron chi connectivity index (χ1n) is 4.74. The number of carboxylic acids is 1. The van der Waals surface area contributed by atoms with Crippen molar-refractivity contribution < 1.29 is 23.1 Å². The van der Waals surface area contributed by atoms with Gasteiger partial charge in [-0.15, -0.1) is 11.3 Å². The highest BCUT2D eigenvalue weighted by Gasteiger charge is 2.34. The fourth-order valence-electron chi connectivity index (χ4n) is 1.34. The molecule has 0 spiro atoms. The predicted molar refractivity (Wildman–Crippen MR) is 59.5 cm³/mol. The topological polar surface area (TPSA) is 50.2 Å². The van der Waals surface area contributed by atoms with E-state index >= 15 is 0 Å². The lowest BCUT2D eigenvalue weighted by Gasteiger charge is -2.00. The van der Waals surface area contributed by atoms with E-state index in [9.17, 15) is 18.0 Å². The standard InChI is InChI=1S/C11H6F3NO2S/c12-11(13,14)10-15-5-8(18-10)6-2-1-3-7(4-6)9(16)17/h1-5H,(H,16,17). The molecule has 2 aromatic rings. The Bertz CT molecular complexity index is 592. The Kier molecular flexibility index (Phi) is 3.08. The number of halogens is 3. The summed E-state index contributed by atoms with van der Waals surface area (Å²) in [5.74, 6) is -1.13. The first-order valence-corrected chi connectivity index (χ1v) is 5.56. The zero-order chi connectivity index (χ0) is 13.3. The van der Waals surface area contributed by atoms with E-state index in [4.69, 9.17) is 5.11 Å². The van der Waals surface area contributed by atoms with Crippen LogP contribution in [0.1, 0.15) is 15.4 Å². The van der Waals surface area contributed by atoms with E-state index < -0.39 is 17.2 Å². The molecule has 18 heavy (non-hydrogen) atoms. The maximum absolute atomic E-state index is 12.4. The molecule has 0 aliphatic carbocycles. The van der Waals surface area contributed by atoms with E-state index in [2.05, 4.69) is 4.98 Å². The first-order chi connectivity index (χ1) is 8.38. The number of hydrogen-bond acceptors (Lipinski definition) is 3. The highest BCUT2D eigenvalue weighted by atomic mass is 32.1. The average molecular weight is 273 g/mol. The molecular weight excluding hydrogens is 267 g/mol. The van der Waals surface area contributed by atoms with Gasteiger partial charge in [0.25, 0.3) is 0 Å².